The summed E-state index contributed by atoms with van der Waals surface area (Å²) in [5.74, 6) is -3.15. The van der Waals surface area contributed by atoms with E-state index >= 15 is 0 Å². The molecule has 4 atom stereocenters. The summed E-state index contributed by atoms with van der Waals surface area (Å²) in [5.41, 5.74) is 0. The van der Waals surface area contributed by atoms with Crippen molar-refractivity contribution in [2.24, 2.45) is 0 Å². The summed E-state index contributed by atoms with van der Waals surface area (Å²) in [6.45, 7) is 3.66. The first-order valence-corrected chi connectivity index (χ1v) is 10.8. The van der Waals surface area contributed by atoms with Gasteiger partial charge in [-0.3, -0.25) is 0 Å². The Morgan fingerprint density at radius 2 is 1.45 bits per heavy atom. The average molecular weight is 324 g/mol. The van der Waals surface area contributed by atoms with E-state index in [4.69, 9.17) is 9.47 Å². The molecule has 2 N–H and O–H groups in total. The molecular weight excluding hydrogens is 302 g/mol. The Morgan fingerprint density at radius 3 is 1.65 bits per heavy atom. The van der Waals surface area contributed by atoms with Gasteiger partial charge in [-0.05, 0) is 26.7 Å². The highest BCUT2D eigenvalue weighted by Crippen LogP contribution is 2.89. The first kappa shape index (κ1) is 15.2. The van der Waals surface area contributed by atoms with E-state index in [0.717, 1.165) is 6.42 Å². The smallest absolute Gasteiger partial charge is 0.160 e. The Bertz CT molecular complexity index is 438. The van der Waals surface area contributed by atoms with Crippen molar-refractivity contribution in [2.45, 2.75) is 61.4 Å². The van der Waals surface area contributed by atoms with Gasteiger partial charge in [0.25, 0.3) is 0 Å². The van der Waals surface area contributed by atoms with E-state index in [2.05, 4.69) is 0 Å². The first-order chi connectivity index (χ1) is 9.30. The fourth-order valence-corrected chi connectivity index (χ4v) is 14.0. The van der Waals surface area contributed by atoms with Crippen LogP contribution in [0, 0.1) is 0 Å². The Labute approximate surface area is 118 Å². The lowest BCUT2D eigenvalue weighted by molar-refractivity contribution is 0.214. The highest BCUT2D eigenvalue weighted by Gasteiger charge is 2.74. The molecule has 3 fully saturated rings. The van der Waals surface area contributed by atoms with E-state index in [1.807, 2.05) is 0 Å². The summed E-state index contributed by atoms with van der Waals surface area (Å²) in [5, 5.41) is 20.2. The quantitative estimate of drug-likeness (QED) is 0.572. The third-order valence-electron chi connectivity index (χ3n) is 5.05. The minimum atomic E-state index is -3.46. The molecule has 0 bridgehead atoms. The minimum absolute atomic E-state index is 0.401. The van der Waals surface area contributed by atoms with Crippen LogP contribution in [0.2, 0.25) is 0 Å². The zero-order valence-electron chi connectivity index (χ0n) is 11.8. The Balaban J connectivity index is 2.10. The minimum Gasteiger partial charge on any atom is -0.386 e. The van der Waals surface area contributed by atoms with Gasteiger partial charge < -0.3 is 28.8 Å². The van der Waals surface area contributed by atoms with E-state index in [-0.39, 0.29) is 0 Å². The maximum absolute atomic E-state index is 13.7. The zero-order chi connectivity index (χ0) is 14.8. The number of aliphatic hydroxyl groups excluding tert-OH is 2. The van der Waals surface area contributed by atoms with Crippen molar-refractivity contribution in [1.82, 2.24) is 0 Å². The van der Waals surface area contributed by atoms with Crippen molar-refractivity contribution in [1.29, 1.82) is 0 Å². The van der Waals surface area contributed by atoms with Crippen LogP contribution < -0.4 is 0 Å². The summed E-state index contributed by atoms with van der Waals surface area (Å²) >= 11 is 0. The van der Waals surface area contributed by atoms with Gasteiger partial charge in [0.1, 0.15) is 23.4 Å². The summed E-state index contributed by atoms with van der Waals surface area (Å²) in [7, 11) is -6.49. The molecular formula is C12H22O6P2. The fraction of sp³-hybridized carbons (Fsp3) is 1.00. The van der Waals surface area contributed by atoms with Gasteiger partial charge >= 0.3 is 0 Å². The molecule has 0 radical (unpaired) electrons. The molecule has 0 aromatic rings. The molecule has 8 heteroatoms. The highest BCUT2D eigenvalue weighted by molar-refractivity contribution is 7.84. The molecule has 3 aliphatic rings. The molecule has 116 valence electrons. The van der Waals surface area contributed by atoms with Crippen molar-refractivity contribution < 1.29 is 28.8 Å². The monoisotopic (exact) mass is 324 g/mol. The lowest BCUT2D eigenvalue weighted by Crippen LogP contribution is -2.44. The van der Waals surface area contributed by atoms with Gasteiger partial charge in [-0.25, -0.2) is 0 Å². The molecule has 4 unspecified atom stereocenters. The Kier molecular flexibility index (Phi) is 3.53. The molecule has 2 saturated heterocycles. The Hall–Kier alpha value is 0.300. The number of rotatable bonds is 6. The van der Waals surface area contributed by atoms with Gasteiger partial charge in [-0.2, -0.15) is 0 Å². The van der Waals surface area contributed by atoms with E-state index < -0.39 is 42.6 Å². The number of aliphatic hydroxyl groups is 2. The highest BCUT2D eigenvalue weighted by atomic mass is 31.2. The van der Waals surface area contributed by atoms with E-state index in [1.54, 1.807) is 0 Å². The van der Waals surface area contributed by atoms with Crippen molar-refractivity contribution >= 4 is 14.3 Å². The maximum Gasteiger partial charge on any atom is 0.160 e. The van der Waals surface area contributed by atoms with Crippen LogP contribution >= 0.6 is 14.3 Å². The maximum atomic E-state index is 13.7. The lowest BCUT2D eigenvalue weighted by atomic mass is 9.99. The van der Waals surface area contributed by atoms with Gasteiger partial charge in [0, 0.05) is 0 Å². The molecule has 1 saturated carbocycles. The molecule has 20 heavy (non-hydrogen) atoms. The SMILES string of the molecule is CC(O)P(=O)(C(C)O)C1(P(=O)(C2CO2)C2CO2)CCC1. The topological polar surface area (TPSA) is 99.7 Å². The predicted octanol–water partition coefficient (Wildman–Crippen LogP) is 1.98. The molecule has 0 spiro atoms. The van der Waals surface area contributed by atoms with Crippen LogP contribution in [0.15, 0.2) is 0 Å². The van der Waals surface area contributed by atoms with Gasteiger partial charge in [-0.15, -0.1) is 0 Å². The molecule has 0 aromatic carbocycles. The molecule has 6 nitrogen and oxygen atoms in total. The van der Waals surface area contributed by atoms with Gasteiger partial charge in [-0.1, -0.05) is 6.42 Å². The third-order valence-corrected chi connectivity index (χ3v) is 15.0. The third kappa shape index (κ3) is 1.73. The van der Waals surface area contributed by atoms with Crippen LogP contribution in [0.5, 0.6) is 0 Å². The second-order valence-corrected chi connectivity index (χ2v) is 13.6. The standard InChI is InChI=1S/C12H22O6P2/c1-8(13)19(15,9(2)14)12(4-3-5-12)20(16,10-6-17-10)11-7-18-11/h8-11,13-14H,3-7H2,1-2H3. The Morgan fingerprint density at radius 1 is 1.05 bits per heavy atom. The van der Waals surface area contributed by atoms with Crippen LogP contribution in [0.3, 0.4) is 0 Å². The number of hydrogen-bond acceptors (Lipinski definition) is 6. The molecule has 3 rings (SSSR count). The molecule has 0 amide bonds. The van der Waals surface area contributed by atoms with E-state index in [1.165, 1.54) is 13.8 Å². The van der Waals surface area contributed by atoms with Crippen LogP contribution in [0.4, 0.5) is 0 Å². The predicted molar refractivity (Wildman–Crippen MR) is 74.6 cm³/mol. The largest absolute Gasteiger partial charge is 0.386 e. The van der Waals surface area contributed by atoms with Crippen molar-refractivity contribution in [3.8, 4) is 0 Å². The van der Waals surface area contributed by atoms with Crippen molar-refractivity contribution in [3.05, 3.63) is 0 Å². The van der Waals surface area contributed by atoms with Crippen LogP contribution in [0.1, 0.15) is 33.1 Å². The second-order valence-electron chi connectivity index (χ2n) is 6.09. The molecule has 2 heterocycles. The van der Waals surface area contributed by atoms with Crippen LogP contribution in [0.25, 0.3) is 0 Å². The zero-order valence-corrected chi connectivity index (χ0v) is 13.6. The average Bonchev–Trinajstić information content (AvgIpc) is 3.15. The summed E-state index contributed by atoms with van der Waals surface area (Å²) in [6.07, 6.45) is 1.83. The second kappa shape index (κ2) is 4.65. The summed E-state index contributed by atoms with van der Waals surface area (Å²) in [6, 6.07) is 0. The molecule has 2 aliphatic heterocycles. The summed E-state index contributed by atoms with van der Waals surface area (Å²) < 4.78 is 37.7. The van der Waals surface area contributed by atoms with E-state index in [0.29, 0.717) is 26.1 Å². The van der Waals surface area contributed by atoms with Crippen molar-refractivity contribution in [2.75, 3.05) is 13.2 Å². The molecule has 1 aliphatic carbocycles. The summed E-state index contributed by atoms with van der Waals surface area (Å²) in [4.78, 5) is -0.995. The normalized spacial score (nSPS) is 39.8. The van der Waals surface area contributed by atoms with Crippen LogP contribution in [-0.2, 0) is 18.6 Å². The number of ether oxygens (including phenoxy) is 2. The van der Waals surface area contributed by atoms with E-state index in [9.17, 15) is 19.3 Å². The van der Waals surface area contributed by atoms with Gasteiger partial charge in [0.05, 0.1) is 18.1 Å². The van der Waals surface area contributed by atoms with Crippen LogP contribution in [-0.4, -0.2) is 51.7 Å². The lowest BCUT2D eigenvalue weighted by Gasteiger charge is -2.53. The number of epoxide rings is 2. The number of hydrogen-bond donors (Lipinski definition) is 2. The fourth-order valence-electron chi connectivity index (χ4n) is 3.69. The van der Waals surface area contributed by atoms with Crippen molar-refractivity contribution in [3.63, 3.8) is 0 Å². The molecule has 0 aromatic heterocycles. The van der Waals surface area contributed by atoms with Gasteiger partial charge in [0.2, 0.25) is 0 Å². The van der Waals surface area contributed by atoms with Gasteiger partial charge in [0.15, 0.2) is 14.3 Å². The first-order valence-electron chi connectivity index (χ1n) is 7.09.